The van der Waals surface area contributed by atoms with E-state index in [0.717, 1.165) is 5.56 Å². The zero-order chi connectivity index (χ0) is 15.0. The van der Waals surface area contributed by atoms with E-state index in [9.17, 15) is 9.59 Å². The molecule has 0 heterocycles. The smallest absolute Gasteiger partial charge is 0.408 e. The van der Waals surface area contributed by atoms with Gasteiger partial charge in [-0.3, -0.25) is 4.79 Å². The van der Waals surface area contributed by atoms with Crippen molar-refractivity contribution in [2.24, 2.45) is 0 Å². The quantitative estimate of drug-likeness (QED) is 0.922. The van der Waals surface area contributed by atoms with E-state index in [0.29, 0.717) is 6.42 Å². The average Bonchev–Trinajstić information content (AvgIpc) is 3.03. The lowest BCUT2D eigenvalue weighted by molar-refractivity contribution is -0.120. The molecule has 0 bridgehead atoms. The van der Waals surface area contributed by atoms with Gasteiger partial charge in [-0.2, -0.15) is 0 Å². The largest absolute Gasteiger partial charge is 0.444 e. The minimum absolute atomic E-state index is 0.0304. The zero-order valence-corrected chi connectivity index (χ0v) is 12.4. The summed E-state index contributed by atoms with van der Waals surface area (Å²) in [7, 11) is 0. The van der Waals surface area contributed by atoms with Crippen molar-refractivity contribution in [1.82, 2.24) is 5.32 Å². The number of ketones is 1. The second-order valence-corrected chi connectivity index (χ2v) is 6.32. The summed E-state index contributed by atoms with van der Waals surface area (Å²) >= 11 is 0. The summed E-state index contributed by atoms with van der Waals surface area (Å²) < 4.78 is 5.25. The highest BCUT2D eigenvalue weighted by molar-refractivity contribution is 5.94. The normalized spacial score (nSPS) is 24.9. The first-order chi connectivity index (χ1) is 9.24. The molecule has 1 aliphatic carbocycles. The Morgan fingerprint density at radius 2 is 1.85 bits per heavy atom. The summed E-state index contributed by atoms with van der Waals surface area (Å²) in [6, 6.07) is 9.76. The molecule has 20 heavy (non-hydrogen) atoms. The van der Waals surface area contributed by atoms with Crippen LogP contribution in [0.15, 0.2) is 30.3 Å². The summed E-state index contributed by atoms with van der Waals surface area (Å²) in [4.78, 5) is 23.9. The molecule has 1 saturated carbocycles. The first kappa shape index (κ1) is 14.6. The third kappa shape index (κ3) is 3.00. The van der Waals surface area contributed by atoms with E-state index in [1.807, 2.05) is 30.3 Å². The number of Topliss-reactive ketones (excluding diaryl/α,β-unsaturated/α-hetero) is 1. The number of carbonyl (C=O) groups excluding carboxylic acids is 2. The highest BCUT2D eigenvalue weighted by atomic mass is 16.6. The van der Waals surface area contributed by atoms with E-state index in [1.54, 1.807) is 20.8 Å². The first-order valence-electron chi connectivity index (χ1n) is 6.82. The molecule has 2 rings (SSSR count). The Hall–Kier alpha value is -1.84. The van der Waals surface area contributed by atoms with Crippen LogP contribution < -0.4 is 5.32 Å². The molecule has 1 amide bonds. The van der Waals surface area contributed by atoms with Crippen molar-refractivity contribution in [2.75, 3.05) is 0 Å². The lowest BCUT2D eigenvalue weighted by Gasteiger charge is -2.23. The summed E-state index contributed by atoms with van der Waals surface area (Å²) in [5.41, 5.74) is -0.304. The van der Waals surface area contributed by atoms with Crippen molar-refractivity contribution < 1.29 is 14.3 Å². The summed E-state index contributed by atoms with van der Waals surface area (Å²) in [6.07, 6.45) is 0.0946. The van der Waals surface area contributed by atoms with Gasteiger partial charge >= 0.3 is 6.09 Å². The van der Waals surface area contributed by atoms with Crippen LogP contribution in [0.25, 0.3) is 0 Å². The van der Waals surface area contributed by atoms with Crippen molar-refractivity contribution in [3.05, 3.63) is 35.9 Å². The molecule has 1 aliphatic rings. The highest BCUT2D eigenvalue weighted by Gasteiger charge is 2.60. The molecular formula is C16H21NO3. The van der Waals surface area contributed by atoms with Gasteiger partial charge in [-0.1, -0.05) is 30.3 Å². The molecular weight excluding hydrogens is 254 g/mol. The van der Waals surface area contributed by atoms with Crippen molar-refractivity contribution in [2.45, 2.75) is 51.2 Å². The van der Waals surface area contributed by atoms with Crippen molar-refractivity contribution >= 4 is 11.9 Å². The van der Waals surface area contributed by atoms with E-state index in [4.69, 9.17) is 4.74 Å². The molecule has 108 valence electrons. The molecule has 0 aromatic heterocycles. The van der Waals surface area contributed by atoms with Gasteiger partial charge in [-0.05, 0) is 39.7 Å². The molecule has 0 spiro atoms. The summed E-state index contributed by atoms with van der Waals surface area (Å²) in [5, 5.41) is 2.76. The molecule has 0 aliphatic heterocycles. The maximum atomic E-state index is 11.9. The maximum Gasteiger partial charge on any atom is 0.408 e. The van der Waals surface area contributed by atoms with Crippen LogP contribution in [0.5, 0.6) is 0 Å². The predicted octanol–water partition coefficient (Wildman–Crippen LogP) is 3.03. The molecule has 1 N–H and O–H groups in total. The van der Waals surface area contributed by atoms with Gasteiger partial charge in [0.1, 0.15) is 11.1 Å². The second kappa shape index (κ2) is 4.93. The van der Waals surface area contributed by atoms with E-state index in [2.05, 4.69) is 5.32 Å². The van der Waals surface area contributed by atoms with Crippen molar-refractivity contribution in [3.63, 3.8) is 0 Å². The number of hydrogen-bond acceptors (Lipinski definition) is 3. The summed E-state index contributed by atoms with van der Waals surface area (Å²) in [6.45, 7) is 6.91. The lowest BCUT2D eigenvalue weighted by atomic mass is 10.0. The topological polar surface area (TPSA) is 55.4 Å². The molecule has 1 aromatic rings. The van der Waals surface area contributed by atoms with Gasteiger partial charge < -0.3 is 10.1 Å². The summed E-state index contributed by atoms with van der Waals surface area (Å²) in [5.74, 6) is 0.00549. The van der Waals surface area contributed by atoms with E-state index in [-0.39, 0.29) is 11.7 Å². The van der Waals surface area contributed by atoms with Gasteiger partial charge in [-0.15, -0.1) is 0 Å². The Bertz CT molecular complexity index is 518. The van der Waals surface area contributed by atoms with Gasteiger partial charge in [0.25, 0.3) is 0 Å². The molecule has 0 unspecified atom stereocenters. The van der Waals surface area contributed by atoms with Gasteiger partial charge in [0, 0.05) is 5.92 Å². The number of amides is 1. The van der Waals surface area contributed by atoms with Crippen LogP contribution in [0, 0.1) is 0 Å². The van der Waals surface area contributed by atoms with Crippen molar-refractivity contribution in [1.29, 1.82) is 0 Å². The zero-order valence-electron chi connectivity index (χ0n) is 12.4. The maximum absolute atomic E-state index is 11.9. The van der Waals surface area contributed by atoms with Gasteiger partial charge in [0.15, 0.2) is 5.78 Å². The number of alkyl carbamates (subject to hydrolysis) is 1. The monoisotopic (exact) mass is 275 g/mol. The van der Waals surface area contributed by atoms with Crippen LogP contribution >= 0.6 is 0 Å². The number of nitrogens with one attached hydrogen (secondary N) is 1. The van der Waals surface area contributed by atoms with Gasteiger partial charge in [-0.25, -0.2) is 4.79 Å². The van der Waals surface area contributed by atoms with Crippen LogP contribution in [0.3, 0.4) is 0 Å². The fraction of sp³-hybridized carbons (Fsp3) is 0.500. The molecule has 1 aromatic carbocycles. The number of ether oxygens (including phenoxy) is 1. The first-order valence-corrected chi connectivity index (χ1v) is 6.82. The Labute approximate surface area is 119 Å². The molecule has 1 fully saturated rings. The van der Waals surface area contributed by atoms with Crippen LogP contribution in [0.4, 0.5) is 4.79 Å². The van der Waals surface area contributed by atoms with E-state index >= 15 is 0 Å². The minimum Gasteiger partial charge on any atom is -0.444 e. The number of carbonyl (C=O) groups is 2. The van der Waals surface area contributed by atoms with Crippen LogP contribution in [0.1, 0.15) is 45.6 Å². The SMILES string of the molecule is CC(=O)[C@@]1(NC(=O)OC(C)(C)C)C[C@H]1c1ccccc1. The molecule has 0 radical (unpaired) electrons. The second-order valence-electron chi connectivity index (χ2n) is 6.32. The van der Waals surface area contributed by atoms with Crippen LogP contribution in [-0.2, 0) is 9.53 Å². The average molecular weight is 275 g/mol. The highest BCUT2D eigenvalue weighted by Crippen LogP contribution is 2.52. The molecule has 0 saturated heterocycles. The number of benzene rings is 1. The van der Waals surface area contributed by atoms with Gasteiger partial charge in [0.2, 0.25) is 0 Å². The predicted molar refractivity (Wildman–Crippen MR) is 76.6 cm³/mol. The third-order valence-corrected chi connectivity index (χ3v) is 3.52. The molecule has 2 atom stereocenters. The minimum atomic E-state index is -0.802. The van der Waals surface area contributed by atoms with Crippen LogP contribution in [0.2, 0.25) is 0 Å². The lowest BCUT2D eigenvalue weighted by Crippen LogP contribution is -2.45. The Morgan fingerprint density at radius 1 is 1.25 bits per heavy atom. The fourth-order valence-electron chi connectivity index (χ4n) is 2.45. The Kier molecular flexibility index (Phi) is 3.59. The Balaban J connectivity index is 2.11. The fourth-order valence-corrected chi connectivity index (χ4v) is 2.45. The number of rotatable bonds is 3. The molecule has 4 nitrogen and oxygen atoms in total. The van der Waals surface area contributed by atoms with Crippen LogP contribution in [-0.4, -0.2) is 23.0 Å². The van der Waals surface area contributed by atoms with Gasteiger partial charge in [0.05, 0.1) is 0 Å². The van der Waals surface area contributed by atoms with E-state index in [1.165, 1.54) is 6.92 Å². The third-order valence-electron chi connectivity index (χ3n) is 3.52. The number of hydrogen-bond donors (Lipinski definition) is 1. The standard InChI is InChI=1S/C16H21NO3/c1-11(18)16(17-14(19)20-15(2,3)4)10-13(16)12-8-6-5-7-9-12/h5-9,13H,10H2,1-4H3,(H,17,19)/t13-,16-/m0/s1. The van der Waals surface area contributed by atoms with Crippen molar-refractivity contribution in [3.8, 4) is 0 Å². The molecule has 4 heteroatoms. The Morgan fingerprint density at radius 3 is 2.35 bits per heavy atom. The van der Waals surface area contributed by atoms with E-state index < -0.39 is 17.2 Å².